The number of methoxy groups -OCH3 is 1. The Morgan fingerprint density at radius 1 is 1.18 bits per heavy atom. The molecule has 0 fully saturated rings. The van der Waals surface area contributed by atoms with Crippen molar-refractivity contribution >= 4 is 11.6 Å². The van der Waals surface area contributed by atoms with Crippen molar-refractivity contribution in [3.63, 3.8) is 0 Å². The molecule has 1 aromatic heterocycles. The fourth-order valence-electron chi connectivity index (χ4n) is 3.35. The molecule has 0 radical (unpaired) electrons. The van der Waals surface area contributed by atoms with Gasteiger partial charge in [-0.3, -0.25) is 14.5 Å². The van der Waals surface area contributed by atoms with E-state index in [0.717, 1.165) is 10.6 Å². The number of carbonyl (C=O) groups excluding carboxylic acids is 1. The van der Waals surface area contributed by atoms with E-state index < -0.39 is 23.3 Å². The zero-order chi connectivity index (χ0) is 20.6. The van der Waals surface area contributed by atoms with Gasteiger partial charge in [-0.2, -0.15) is 0 Å². The summed E-state index contributed by atoms with van der Waals surface area (Å²) in [5, 5.41) is 0. The Hall–Kier alpha value is -2.94. The Morgan fingerprint density at radius 3 is 2.50 bits per heavy atom. The van der Waals surface area contributed by atoms with Crippen molar-refractivity contribution in [1.82, 2.24) is 9.13 Å². The van der Waals surface area contributed by atoms with E-state index in [-0.39, 0.29) is 29.6 Å². The summed E-state index contributed by atoms with van der Waals surface area (Å²) in [5.41, 5.74) is -0.782. The Bertz CT molecular complexity index is 1040. The number of anilines is 1. The van der Waals surface area contributed by atoms with Crippen LogP contribution in [0.1, 0.15) is 26.0 Å². The first-order valence-electron chi connectivity index (χ1n) is 8.97. The number of amides is 1. The Balaban J connectivity index is 2.27. The Kier molecular flexibility index (Phi) is 5.37. The van der Waals surface area contributed by atoms with E-state index in [9.17, 15) is 18.8 Å². The molecule has 0 aliphatic carbocycles. The molecule has 1 amide bonds. The van der Waals surface area contributed by atoms with Crippen LogP contribution >= 0.6 is 0 Å². The van der Waals surface area contributed by atoms with Crippen LogP contribution in [0, 0.1) is 5.82 Å². The molecular weight excluding hydrogens is 369 g/mol. The lowest BCUT2D eigenvalue weighted by molar-refractivity contribution is -0.124. The second kappa shape index (κ2) is 7.59. The van der Waals surface area contributed by atoms with E-state index >= 15 is 0 Å². The van der Waals surface area contributed by atoms with Crippen LogP contribution in [0.5, 0.6) is 5.75 Å². The summed E-state index contributed by atoms with van der Waals surface area (Å²) in [7, 11) is 2.98. The second-order valence-electron chi connectivity index (χ2n) is 6.43. The van der Waals surface area contributed by atoms with E-state index in [4.69, 9.17) is 9.47 Å². The number of aromatic nitrogens is 2. The molecule has 1 atom stereocenters. The van der Waals surface area contributed by atoms with Crippen molar-refractivity contribution in [1.29, 1.82) is 0 Å². The number of ether oxygens (including phenoxy) is 2. The van der Waals surface area contributed by atoms with Gasteiger partial charge in [0.25, 0.3) is 11.5 Å². The summed E-state index contributed by atoms with van der Waals surface area (Å²) in [4.78, 5) is 39.0. The number of hydrogen-bond acceptors (Lipinski definition) is 5. The van der Waals surface area contributed by atoms with Crippen LogP contribution in [0.15, 0.2) is 27.8 Å². The van der Waals surface area contributed by atoms with Crippen LogP contribution < -0.4 is 20.9 Å². The fourth-order valence-corrected chi connectivity index (χ4v) is 3.35. The maximum atomic E-state index is 14.8. The topological polar surface area (TPSA) is 82.8 Å². The molecule has 0 saturated carbocycles. The molecule has 1 unspecified atom stereocenters. The third-order valence-corrected chi connectivity index (χ3v) is 4.84. The lowest BCUT2D eigenvalue weighted by atomic mass is 10.1. The van der Waals surface area contributed by atoms with E-state index in [1.165, 1.54) is 35.8 Å². The molecule has 2 heterocycles. The fraction of sp³-hybridized carbons (Fsp3) is 0.421. The number of carbonyl (C=O) groups is 1. The van der Waals surface area contributed by atoms with Gasteiger partial charge in [0, 0.05) is 32.0 Å². The molecule has 3 rings (SSSR count). The first kappa shape index (κ1) is 19.8. The third kappa shape index (κ3) is 3.11. The van der Waals surface area contributed by atoms with Gasteiger partial charge in [-0.1, -0.05) is 13.8 Å². The molecule has 0 N–H and O–H groups in total. The van der Waals surface area contributed by atoms with E-state index in [2.05, 4.69) is 0 Å². The standard InChI is InChI=1S/C19H22FN3O5/c1-5-11-7-16(24)23(19(26)21(11)3)13-9-14-15(8-12(13)20)28-10-17(25)22(14)18(6-2)27-4/h7-9,18H,5-6,10H2,1-4H3. The number of fused-ring (bicyclic) bond motifs is 1. The van der Waals surface area contributed by atoms with Crippen LogP contribution in [0.2, 0.25) is 0 Å². The highest BCUT2D eigenvalue weighted by atomic mass is 19.1. The van der Waals surface area contributed by atoms with Crippen LogP contribution in [0.4, 0.5) is 10.1 Å². The van der Waals surface area contributed by atoms with Gasteiger partial charge in [-0.25, -0.2) is 13.8 Å². The molecule has 9 heteroatoms. The molecule has 28 heavy (non-hydrogen) atoms. The molecule has 8 nitrogen and oxygen atoms in total. The van der Waals surface area contributed by atoms with Gasteiger partial charge in [0.15, 0.2) is 12.4 Å². The number of hydrogen-bond donors (Lipinski definition) is 0. The zero-order valence-electron chi connectivity index (χ0n) is 16.2. The largest absolute Gasteiger partial charge is 0.481 e. The van der Waals surface area contributed by atoms with Gasteiger partial charge in [0.2, 0.25) is 0 Å². The van der Waals surface area contributed by atoms with Gasteiger partial charge >= 0.3 is 5.69 Å². The summed E-state index contributed by atoms with van der Waals surface area (Å²) in [6.45, 7) is 3.40. The van der Waals surface area contributed by atoms with Gasteiger partial charge in [-0.15, -0.1) is 0 Å². The molecule has 2 aromatic rings. The number of rotatable bonds is 5. The summed E-state index contributed by atoms with van der Waals surface area (Å²) in [6, 6.07) is 3.65. The minimum atomic E-state index is -0.804. The quantitative estimate of drug-likeness (QED) is 0.768. The lowest BCUT2D eigenvalue weighted by Gasteiger charge is -2.34. The van der Waals surface area contributed by atoms with Gasteiger partial charge in [-0.05, 0) is 18.9 Å². The maximum absolute atomic E-state index is 14.8. The third-order valence-electron chi connectivity index (χ3n) is 4.84. The molecule has 150 valence electrons. The van der Waals surface area contributed by atoms with E-state index in [0.29, 0.717) is 18.5 Å². The van der Waals surface area contributed by atoms with Crippen LogP contribution in [0.3, 0.4) is 0 Å². The number of benzene rings is 1. The van der Waals surface area contributed by atoms with Crippen LogP contribution in [-0.2, 0) is 23.0 Å². The molecule has 0 spiro atoms. The predicted octanol–water partition coefficient (Wildman–Crippen LogP) is 1.35. The zero-order valence-corrected chi connectivity index (χ0v) is 16.2. The first-order chi connectivity index (χ1) is 13.3. The first-order valence-corrected chi connectivity index (χ1v) is 8.97. The van der Waals surface area contributed by atoms with Crippen molar-refractivity contribution in [2.45, 2.75) is 32.9 Å². The predicted molar refractivity (Wildman–Crippen MR) is 101 cm³/mol. The van der Waals surface area contributed by atoms with Crippen molar-refractivity contribution in [2.24, 2.45) is 7.05 Å². The Labute approximate surface area is 160 Å². The molecular formula is C19H22FN3O5. The van der Waals surface area contributed by atoms with Crippen molar-refractivity contribution in [2.75, 3.05) is 18.6 Å². The van der Waals surface area contributed by atoms with Crippen molar-refractivity contribution < 1.29 is 18.7 Å². The SMILES string of the molecule is CCc1cc(=O)n(-c2cc3c(cc2F)OCC(=O)N3C(CC)OC)c(=O)n1C. The summed E-state index contributed by atoms with van der Waals surface area (Å²) in [5.74, 6) is -1.02. The minimum Gasteiger partial charge on any atom is -0.481 e. The molecule has 0 bridgehead atoms. The second-order valence-corrected chi connectivity index (χ2v) is 6.43. The van der Waals surface area contributed by atoms with E-state index in [1.54, 1.807) is 0 Å². The smallest absolute Gasteiger partial charge is 0.335 e. The van der Waals surface area contributed by atoms with Crippen molar-refractivity contribution in [3.8, 4) is 11.4 Å². The molecule has 1 aliphatic rings. The normalized spacial score (nSPS) is 14.6. The Morgan fingerprint density at radius 2 is 1.89 bits per heavy atom. The minimum absolute atomic E-state index is 0.145. The van der Waals surface area contributed by atoms with Crippen LogP contribution in [-0.4, -0.2) is 35.0 Å². The highest BCUT2D eigenvalue weighted by Gasteiger charge is 2.32. The highest BCUT2D eigenvalue weighted by molar-refractivity contribution is 5.98. The van der Waals surface area contributed by atoms with Crippen molar-refractivity contribution in [3.05, 3.63) is 50.5 Å². The van der Waals surface area contributed by atoms with Gasteiger partial charge < -0.3 is 14.0 Å². The van der Waals surface area contributed by atoms with Gasteiger partial charge in [0.05, 0.1) is 11.4 Å². The number of aryl methyl sites for hydroxylation is 1. The molecule has 1 aromatic carbocycles. The summed E-state index contributed by atoms with van der Waals surface area (Å²) < 4.78 is 27.5. The summed E-state index contributed by atoms with van der Waals surface area (Å²) in [6.07, 6.45) is 0.383. The average Bonchev–Trinajstić information content (AvgIpc) is 2.68. The molecule has 0 saturated heterocycles. The highest BCUT2D eigenvalue weighted by Crippen LogP contribution is 2.37. The average molecular weight is 391 g/mol. The van der Waals surface area contributed by atoms with Crippen LogP contribution in [0.25, 0.3) is 5.69 Å². The summed E-state index contributed by atoms with van der Waals surface area (Å²) >= 11 is 0. The monoisotopic (exact) mass is 391 g/mol. The number of nitrogens with zero attached hydrogens (tertiary/aromatic N) is 3. The lowest BCUT2D eigenvalue weighted by Crippen LogP contribution is -2.46. The number of halogens is 1. The van der Waals surface area contributed by atoms with Gasteiger partial charge in [0.1, 0.15) is 12.0 Å². The molecule has 1 aliphatic heterocycles. The maximum Gasteiger partial charge on any atom is 0.335 e. The van der Waals surface area contributed by atoms with E-state index in [1.807, 2.05) is 13.8 Å².